The molecule has 0 unspecified atom stereocenters. The highest BCUT2D eigenvalue weighted by molar-refractivity contribution is 7.84. The lowest BCUT2D eigenvalue weighted by Crippen LogP contribution is -1.95. The molecule has 2 aromatic rings. The van der Waals surface area contributed by atoms with E-state index in [2.05, 4.69) is 24.2 Å². The number of carbonyl (C=O) groups is 1. The first-order valence-electron chi connectivity index (χ1n) is 5.60. The van der Waals surface area contributed by atoms with Crippen LogP contribution in [0.15, 0.2) is 36.1 Å². The molecule has 0 N–H and O–H groups in total. The molecule has 2 rings (SSSR count). The highest BCUT2D eigenvalue weighted by Crippen LogP contribution is 2.30. The molecule has 3 nitrogen and oxygen atoms in total. The molecule has 0 fully saturated rings. The molecule has 98 valence electrons. The monoisotopic (exact) mass is 291 g/mol. The van der Waals surface area contributed by atoms with Crippen molar-refractivity contribution in [2.45, 2.75) is 13.8 Å². The number of aromatic nitrogens is 1. The van der Waals surface area contributed by atoms with E-state index < -0.39 is 0 Å². The summed E-state index contributed by atoms with van der Waals surface area (Å²) in [5.74, 6) is 0.514. The second-order valence-corrected chi connectivity index (χ2v) is 5.81. The third-order valence-corrected chi connectivity index (χ3v) is 3.47. The predicted octanol–water partition coefficient (Wildman–Crippen LogP) is 4.10. The summed E-state index contributed by atoms with van der Waals surface area (Å²) in [6.07, 6.45) is 1.80. The van der Waals surface area contributed by atoms with Gasteiger partial charge in [0.25, 0.3) is 0 Å². The van der Waals surface area contributed by atoms with Crippen LogP contribution in [0.3, 0.4) is 0 Å². The molecule has 1 aromatic carbocycles. The zero-order chi connectivity index (χ0) is 14.0. The van der Waals surface area contributed by atoms with Crippen LogP contribution in [0.2, 0.25) is 0 Å². The zero-order valence-corrected chi connectivity index (χ0v) is 12.3. The van der Waals surface area contributed by atoms with Crippen molar-refractivity contribution in [2.75, 3.05) is 0 Å². The molecule has 0 atom stereocenters. The van der Waals surface area contributed by atoms with Gasteiger partial charge in [-0.15, -0.1) is 24.0 Å². The summed E-state index contributed by atoms with van der Waals surface area (Å²) in [6, 6.07) is 5.31. The first-order valence-corrected chi connectivity index (χ1v) is 6.86. The maximum absolute atomic E-state index is 11.6. The number of aryl methyl sites for hydroxylation is 1. The molecule has 19 heavy (non-hydrogen) atoms. The Balaban J connectivity index is 2.50. The Morgan fingerprint density at radius 2 is 2.16 bits per heavy atom. The SMILES string of the molecule is C=C(S)Oc1cc(C(C)=O)cc(-c2ncc(C)s2)c1. The number of ketones is 1. The zero-order valence-electron chi connectivity index (χ0n) is 10.6. The Morgan fingerprint density at radius 3 is 2.68 bits per heavy atom. The number of benzene rings is 1. The molecule has 0 bridgehead atoms. The summed E-state index contributed by atoms with van der Waals surface area (Å²) in [5.41, 5.74) is 1.44. The number of ether oxygens (including phenoxy) is 1. The van der Waals surface area contributed by atoms with E-state index in [4.69, 9.17) is 4.74 Å². The van der Waals surface area contributed by atoms with E-state index in [-0.39, 0.29) is 10.9 Å². The quantitative estimate of drug-likeness (QED) is 0.523. The predicted molar refractivity (Wildman–Crippen MR) is 81.0 cm³/mol. The molecule has 0 aliphatic carbocycles. The number of thiol groups is 1. The summed E-state index contributed by atoms with van der Waals surface area (Å²) in [6.45, 7) is 7.08. The van der Waals surface area contributed by atoms with Gasteiger partial charge in [0.15, 0.2) is 10.9 Å². The first kappa shape index (κ1) is 13.8. The van der Waals surface area contributed by atoms with E-state index in [1.807, 2.05) is 19.1 Å². The number of rotatable bonds is 4. The number of thiazole rings is 1. The highest BCUT2D eigenvalue weighted by Gasteiger charge is 2.10. The number of carbonyl (C=O) groups excluding carboxylic acids is 1. The van der Waals surface area contributed by atoms with Crippen LogP contribution in [0.4, 0.5) is 0 Å². The van der Waals surface area contributed by atoms with Gasteiger partial charge in [0, 0.05) is 22.2 Å². The highest BCUT2D eigenvalue weighted by atomic mass is 32.1. The number of hydrogen-bond acceptors (Lipinski definition) is 5. The number of Topliss-reactive ketones (excluding diaryl/α,β-unsaturated/α-hetero) is 1. The normalized spacial score (nSPS) is 10.3. The van der Waals surface area contributed by atoms with Crippen molar-refractivity contribution in [1.82, 2.24) is 4.98 Å². The molecule has 1 heterocycles. The molecule has 0 radical (unpaired) electrons. The Kier molecular flexibility index (Phi) is 4.07. The van der Waals surface area contributed by atoms with E-state index in [1.165, 1.54) is 6.92 Å². The van der Waals surface area contributed by atoms with Crippen LogP contribution in [0.5, 0.6) is 5.75 Å². The van der Waals surface area contributed by atoms with E-state index in [9.17, 15) is 4.79 Å². The van der Waals surface area contributed by atoms with Crippen LogP contribution in [-0.4, -0.2) is 10.8 Å². The summed E-state index contributed by atoms with van der Waals surface area (Å²) in [5, 5.41) is 1.14. The van der Waals surface area contributed by atoms with Gasteiger partial charge in [-0.05, 0) is 38.6 Å². The third kappa shape index (κ3) is 3.45. The van der Waals surface area contributed by atoms with Crippen molar-refractivity contribution in [1.29, 1.82) is 0 Å². The lowest BCUT2D eigenvalue weighted by atomic mass is 10.1. The van der Waals surface area contributed by atoms with Crippen molar-refractivity contribution in [2.24, 2.45) is 0 Å². The number of nitrogens with zero attached hydrogens (tertiary/aromatic N) is 1. The maximum Gasteiger partial charge on any atom is 0.159 e. The van der Waals surface area contributed by atoms with Crippen molar-refractivity contribution >= 4 is 29.7 Å². The second-order valence-electron chi connectivity index (χ2n) is 4.07. The Bertz CT molecular complexity index is 647. The summed E-state index contributed by atoms with van der Waals surface area (Å²) in [7, 11) is 0. The smallest absolute Gasteiger partial charge is 0.159 e. The lowest BCUT2D eigenvalue weighted by molar-refractivity contribution is 0.101. The van der Waals surface area contributed by atoms with Crippen molar-refractivity contribution in [3.05, 3.63) is 46.5 Å². The van der Waals surface area contributed by atoms with Crippen LogP contribution < -0.4 is 4.74 Å². The Labute approximate surface area is 121 Å². The molecule has 0 saturated carbocycles. The van der Waals surface area contributed by atoms with Crippen LogP contribution in [-0.2, 0) is 0 Å². The second kappa shape index (κ2) is 5.59. The third-order valence-electron chi connectivity index (χ3n) is 2.42. The van der Waals surface area contributed by atoms with Gasteiger partial charge in [0.1, 0.15) is 10.8 Å². The van der Waals surface area contributed by atoms with Crippen molar-refractivity contribution in [3.63, 3.8) is 0 Å². The average Bonchev–Trinajstić information content (AvgIpc) is 2.74. The minimum atomic E-state index is -0.0234. The Hall–Kier alpha value is -1.59. The number of hydrogen-bond donors (Lipinski definition) is 1. The fourth-order valence-electron chi connectivity index (χ4n) is 1.61. The van der Waals surface area contributed by atoms with Crippen molar-refractivity contribution < 1.29 is 9.53 Å². The molecule has 0 aliphatic rings. The van der Waals surface area contributed by atoms with Crippen LogP contribution >= 0.6 is 24.0 Å². The minimum Gasteiger partial charge on any atom is -0.451 e. The fraction of sp³-hybridized carbons (Fsp3) is 0.143. The molecular formula is C14H13NO2S2. The summed E-state index contributed by atoms with van der Waals surface area (Å²) >= 11 is 5.58. The fourth-order valence-corrected chi connectivity index (χ4v) is 2.47. The van der Waals surface area contributed by atoms with Gasteiger partial charge < -0.3 is 4.74 Å². The molecule has 0 saturated heterocycles. The van der Waals surface area contributed by atoms with Gasteiger partial charge >= 0.3 is 0 Å². The average molecular weight is 291 g/mol. The molecule has 0 amide bonds. The van der Waals surface area contributed by atoms with Gasteiger partial charge in [-0.25, -0.2) is 4.98 Å². The van der Waals surface area contributed by atoms with Crippen LogP contribution in [0.1, 0.15) is 22.2 Å². The van der Waals surface area contributed by atoms with E-state index in [0.717, 1.165) is 15.4 Å². The van der Waals surface area contributed by atoms with Crippen LogP contribution in [0, 0.1) is 6.92 Å². The van der Waals surface area contributed by atoms with E-state index in [0.29, 0.717) is 11.3 Å². The van der Waals surface area contributed by atoms with Gasteiger partial charge in [-0.1, -0.05) is 0 Å². The maximum atomic E-state index is 11.6. The first-order chi connectivity index (χ1) is 8.95. The van der Waals surface area contributed by atoms with Gasteiger partial charge in [0.2, 0.25) is 0 Å². The lowest BCUT2D eigenvalue weighted by Gasteiger charge is -2.07. The molecule has 5 heteroatoms. The standard InChI is InChI=1S/C14H13NO2S2/c1-8-7-15-14(19-8)12-4-11(9(2)16)5-13(6-12)17-10(3)18/h4-7,18H,3H2,1-2H3. The van der Waals surface area contributed by atoms with E-state index >= 15 is 0 Å². The van der Waals surface area contributed by atoms with Gasteiger partial charge in [-0.2, -0.15) is 0 Å². The van der Waals surface area contributed by atoms with Crippen molar-refractivity contribution in [3.8, 4) is 16.3 Å². The molecule has 0 spiro atoms. The largest absolute Gasteiger partial charge is 0.451 e. The van der Waals surface area contributed by atoms with Gasteiger partial charge in [0.05, 0.1) is 0 Å². The molecular weight excluding hydrogens is 278 g/mol. The topological polar surface area (TPSA) is 39.2 Å². The van der Waals surface area contributed by atoms with E-state index in [1.54, 1.807) is 23.6 Å². The Morgan fingerprint density at radius 1 is 1.42 bits per heavy atom. The summed E-state index contributed by atoms with van der Waals surface area (Å²) in [4.78, 5) is 17.0. The summed E-state index contributed by atoms with van der Waals surface area (Å²) < 4.78 is 5.37. The van der Waals surface area contributed by atoms with Crippen LogP contribution in [0.25, 0.3) is 10.6 Å². The molecule has 1 aromatic heterocycles. The molecule has 0 aliphatic heterocycles. The van der Waals surface area contributed by atoms with Gasteiger partial charge in [-0.3, -0.25) is 4.79 Å². The minimum absolute atomic E-state index is 0.0234.